The van der Waals surface area contributed by atoms with Crippen molar-refractivity contribution in [1.29, 1.82) is 0 Å². The first-order valence-electron chi connectivity index (χ1n) is 13.4. The summed E-state index contributed by atoms with van der Waals surface area (Å²) in [5.41, 5.74) is 4.50. The Bertz CT molecular complexity index is 876. The van der Waals surface area contributed by atoms with Crippen molar-refractivity contribution in [2.75, 3.05) is 0 Å². The van der Waals surface area contributed by atoms with Gasteiger partial charge in [-0.2, -0.15) is 0 Å². The molecule has 0 nitrogen and oxygen atoms in total. The van der Waals surface area contributed by atoms with Crippen LogP contribution in [-0.4, -0.2) is 17.0 Å². The highest BCUT2D eigenvalue weighted by atomic mass is 31.1. The van der Waals surface area contributed by atoms with Crippen LogP contribution < -0.4 is 10.6 Å². The van der Waals surface area contributed by atoms with Crippen molar-refractivity contribution in [2.24, 2.45) is 0 Å². The molecular formula is C31H40P2. The summed E-state index contributed by atoms with van der Waals surface area (Å²) in [6.07, 6.45) is 21.2. The summed E-state index contributed by atoms with van der Waals surface area (Å²) >= 11 is 0. The zero-order chi connectivity index (χ0) is 22.5. The van der Waals surface area contributed by atoms with Crippen molar-refractivity contribution >= 4 is 26.5 Å². The van der Waals surface area contributed by atoms with Crippen molar-refractivity contribution in [1.82, 2.24) is 0 Å². The van der Waals surface area contributed by atoms with E-state index in [2.05, 4.69) is 79.7 Å². The van der Waals surface area contributed by atoms with Gasteiger partial charge in [-0.15, -0.1) is 0 Å². The summed E-state index contributed by atoms with van der Waals surface area (Å²) in [7, 11) is -0.437. The number of allylic oxidation sites excluding steroid dienone is 4. The van der Waals surface area contributed by atoms with Gasteiger partial charge in [-0.05, 0) is 72.8 Å². The Kier molecular flexibility index (Phi) is 8.18. The van der Waals surface area contributed by atoms with Crippen molar-refractivity contribution in [3.63, 3.8) is 0 Å². The quantitative estimate of drug-likeness (QED) is 0.352. The first-order chi connectivity index (χ1) is 16.3. The molecule has 0 saturated heterocycles. The molecule has 174 valence electrons. The molecule has 0 N–H and O–H groups in total. The highest BCUT2D eigenvalue weighted by Gasteiger charge is 2.38. The summed E-state index contributed by atoms with van der Waals surface area (Å²) in [6.45, 7) is 2.64. The Morgan fingerprint density at radius 1 is 0.636 bits per heavy atom. The highest BCUT2D eigenvalue weighted by Crippen LogP contribution is 2.63. The Hall–Kier alpha value is -1.22. The van der Waals surface area contributed by atoms with Crippen LogP contribution in [0, 0.1) is 0 Å². The van der Waals surface area contributed by atoms with E-state index >= 15 is 0 Å². The van der Waals surface area contributed by atoms with Gasteiger partial charge in [0.25, 0.3) is 0 Å². The van der Waals surface area contributed by atoms with Crippen LogP contribution in [0.3, 0.4) is 0 Å². The summed E-state index contributed by atoms with van der Waals surface area (Å²) in [5, 5.41) is 4.68. The molecule has 2 aromatic carbocycles. The number of benzene rings is 2. The van der Waals surface area contributed by atoms with E-state index in [0.29, 0.717) is 0 Å². The first-order valence-corrected chi connectivity index (χ1v) is 16.3. The third-order valence-corrected chi connectivity index (χ3v) is 14.5. The molecule has 2 fully saturated rings. The third kappa shape index (κ3) is 5.39. The molecule has 0 radical (unpaired) electrons. The smallest absolute Gasteiger partial charge is 0.00218 e. The molecule has 0 heterocycles. The average molecular weight is 475 g/mol. The highest BCUT2D eigenvalue weighted by molar-refractivity contribution is 7.77. The Morgan fingerprint density at radius 2 is 1.12 bits per heavy atom. The predicted molar refractivity (Wildman–Crippen MR) is 150 cm³/mol. The van der Waals surface area contributed by atoms with E-state index < -0.39 is 7.92 Å². The van der Waals surface area contributed by atoms with Gasteiger partial charge in [-0.3, -0.25) is 0 Å². The topological polar surface area (TPSA) is 0 Å². The predicted octanol–water partition coefficient (Wildman–Crippen LogP) is 8.87. The van der Waals surface area contributed by atoms with Gasteiger partial charge in [0.05, 0.1) is 0 Å². The normalized spacial score (nSPS) is 21.3. The van der Waals surface area contributed by atoms with E-state index in [1.54, 1.807) is 10.9 Å². The van der Waals surface area contributed by atoms with Crippen LogP contribution in [0.25, 0.3) is 0 Å². The van der Waals surface area contributed by atoms with E-state index in [-0.39, 0.29) is 7.92 Å². The monoisotopic (exact) mass is 474 g/mol. The lowest BCUT2D eigenvalue weighted by Gasteiger charge is -2.43. The SMILES string of the molecule is CC(C1=CCC=C1P(c1ccccc1)c1ccccc1)P(C1CCCCC1)C1CCCCC1. The molecule has 2 saturated carbocycles. The van der Waals surface area contributed by atoms with Gasteiger partial charge < -0.3 is 0 Å². The van der Waals surface area contributed by atoms with E-state index in [4.69, 9.17) is 0 Å². The van der Waals surface area contributed by atoms with Gasteiger partial charge >= 0.3 is 0 Å². The van der Waals surface area contributed by atoms with Crippen LogP contribution in [0.4, 0.5) is 0 Å². The summed E-state index contributed by atoms with van der Waals surface area (Å²) in [5.74, 6) is 0. The number of rotatable bonds is 7. The maximum atomic E-state index is 2.64. The van der Waals surface area contributed by atoms with Gasteiger partial charge in [0.15, 0.2) is 0 Å². The molecule has 0 aromatic heterocycles. The number of hydrogen-bond donors (Lipinski definition) is 0. The fourth-order valence-electron chi connectivity index (χ4n) is 6.56. The van der Waals surface area contributed by atoms with Crippen molar-refractivity contribution in [2.45, 2.75) is 94.5 Å². The lowest BCUT2D eigenvalue weighted by atomic mass is 9.99. The molecule has 2 aromatic rings. The molecule has 0 aliphatic heterocycles. The fraction of sp³-hybridized carbons (Fsp3) is 0.484. The molecule has 0 spiro atoms. The summed E-state index contributed by atoms with van der Waals surface area (Å²) in [4.78, 5) is 0. The van der Waals surface area contributed by atoms with Crippen molar-refractivity contribution < 1.29 is 0 Å². The lowest BCUT2D eigenvalue weighted by molar-refractivity contribution is 0.482. The van der Waals surface area contributed by atoms with Crippen LogP contribution in [0.2, 0.25) is 0 Å². The second-order valence-corrected chi connectivity index (χ2v) is 15.5. The minimum absolute atomic E-state index is 0.0428. The molecule has 1 unspecified atom stereocenters. The molecular weight excluding hydrogens is 434 g/mol. The van der Waals surface area contributed by atoms with Gasteiger partial charge in [0.2, 0.25) is 0 Å². The molecule has 1 atom stereocenters. The second kappa shape index (κ2) is 11.5. The fourth-order valence-corrected chi connectivity index (χ4v) is 13.6. The Balaban J connectivity index is 1.48. The van der Waals surface area contributed by atoms with E-state index in [9.17, 15) is 0 Å². The molecule has 3 aliphatic carbocycles. The molecule has 3 aliphatic rings. The number of hydrogen-bond acceptors (Lipinski definition) is 0. The average Bonchev–Trinajstić information content (AvgIpc) is 3.36. The minimum atomic E-state index is -0.480. The summed E-state index contributed by atoms with van der Waals surface area (Å²) < 4.78 is 0. The largest absolute Gasteiger partial charge is 0.0929 e. The maximum Gasteiger partial charge on any atom is 0.00218 e. The standard InChI is InChI=1S/C31H40P2/c1-25(32(26-15-6-2-7-16-26)27-17-8-3-9-18-27)30-23-14-24-31(30)33(28-19-10-4-11-20-28)29-21-12-5-13-22-29/h4-5,10-13,19-27H,2-3,6-9,14-18H2,1H3. The van der Waals surface area contributed by atoms with Crippen LogP contribution in [0.15, 0.2) is 83.7 Å². The van der Waals surface area contributed by atoms with Gasteiger partial charge in [0.1, 0.15) is 0 Å². The van der Waals surface area contributed by atoms with Gasteiger partial charge in [-0.1, -0.05) is 126 Å². The van der Waals surface area contributed by atoms with Crippen LogP contribution >= 0.6 is 15.8 Å². The van der Waals surface area contributed by atoms with Crippen molar-refractivity contribution in [3.05, 3.63) is 83.7 Å². The second-order valence-electron chi connectivity index (χ2n) is 10.2. The van der Waals surface area contributed by atoms with E-state index in [1.165, 1.54) is 74.8 Å². The van der Waals surface area contributed by atoms with E-state index in [0.717, 1.165) is 23.4 Å². The molecule has 0 bridgehead atoms. The lowest BCUT2D eigenvalue weighted by Crippen LogP contribution is -2.27. The molecule has 5 rings (SSSR count). The van der Waals surface area contributed by atoms with Gasteiger partial charge in [0, 0.05) is 5.66 Å². The molecule has 0 amide bonds. The summed E-state index contributed by atoms with van der Waals surface area (Å²) in [6, 6.07) is 22.7. The maximum absolute atomic E-state index is 2.64. The zero-order valence-corrected chi connectivity index (χ0v) is 22.1. The van der Waals surface area contributed by atoms with Crippen LogP contribution in [0.5, 0.6) is 0 Å². The molecule has 33 heavy (non-hydrogen) atoms. The van der Waals surface area contributed by atoms with Crippen molar-refractivity contribution in [3.8, 4) is 0 Å². The van der Waals surface area contributed by atoms with Gasteiger partial charge in [-0.25, -0.2) is 0 Å². The van der Waals surface area contributed by atoms with Crippen LogP contribution in [0.1, 0.15) is 77.6 Å². The van der Waals surface area contributed by atoms with Crippen LogP contribution in [-0.2, 0) is 0 Å². The zero-order valence-electron chi connectivity index (χ0n) is 20.3. The molecule has 2 heteroatoms. The Morgan fingerprint density at radius 3 is 1.61 bits per heavy atom. The minimum Gasteiger partial charge on any atom is -0.0929 e. The third-order valence-electron chi connectivity index (χ3n) is 8.10. The van der Waals surface area contributed by atoms with E-state index in [1.807, 2.05) is 0 Å². The Labute approximate surface area is 204 Å². The first kappa shape index (κ1) is 23.5.